The number of hydrogen-bond acceptors (Lipinski definition) is 4. The predicted octanol–water partition coefficient (Wildman–Crippen LogP) is 3.97. The minimum atomic E-state index is -0.332. The van der Waals surface area contributed by atoms with E-state index in [1.807, 2.05) is 19.9 Å². The van der Waals surface area contributed by atoms with Gasteiger partial charge < -0.3 is 10.6 Å². The lowest BCUT2D eigenvalue weighted by Gasteiger charge is -2.08. The Morgan fingerprint density at radius 3 is 2.65 bits per heavy atom. The van der Waals surface area contributed by atoms with Gasteiger partial charge in [-0.25, -0.2) is 9.78 Å². The zero-order chi connectivity index (χ0) is 22.4. The molecular formula is C24H26N5O2+. The minimum absolute atomic E-state index is 0.0531. The molecule has 0 bridgehead atoms. The number of nitrogens with zero attached hydrogens (tertiary/aromatic N) is 1. The Morgan fingerprint density at radius 1 is 1.10 bits per heavy atom. The number of anilines is 2. The molecule has 1 aromatic heterocycles. The van der Waals surface area contributed by atoms with Gasteiger partial charge in [0.1, 0.15) is 17.1 Å². The van der Waals surface area contributed by atoms with Gasteiger partial charge in [0.25, 0.3) is 5.82 Å². The lowest BCUT2D eigenvalue weighted by Crippen LogP contribution is -2.30. The van der Waals surface area contributed by atoms with E-state index < -0.39 is 0 Å². The van der Waals surface area contributed by atoms with Crippen molar-refractivity contribution in [2.24, 2.45) is 0 Å². The van der Waals surface area contributed by atoms with E-state index in [1.54, 1.807) is 24.3 Å². The number of carbonyl (C=O) groups excluding carboxylic acids is 2. The summed E-state index contributed by atoms with van der Waals surface area (Å²) in [6.45, 7) is 6.60. The summed E-state index contributed by atoms with van der Waals surface area (Å²) in [4.78, 5) is 26.8. The number of nitriles is 1. The Morgan fingerprint density at radius 2 is 1.90 bits per heavy atom. The smallest absolute Gasteiger partial charge is 0.319 e. The van der Waals surface area contributed by atoms with Crippen LogP contribution in [-0.4, -0.2) is 24.9 Å². The van der Waals surface area contributed by atoms with Gasteiger partial charge in [0.05, 0.1) is 6.54 Å². The number of carbonyl (C=O) groups is 2. The number of pyridine rings is 1. The molecule has 2 amide bonds. The van der Waals surface area contributed by atoms with Crippen LogP contribution in [0.15, 0.2) is 42.5 Å². The Balaban J connectivity index is 1.52. The van der Waals surface area contributed by atoms with Gasteiger partial charge in [-0.05, 0) is 56.2 Å². The summed E-state index contributed by atoms with van der Waals surface area (Å²) in [7, 11) is 0. The molecule has 158 valence electrons. The first-order valence-corrected chi connectivity index (χ1v) is 10.1. The van der Waals surface area contributed by atoms with Crippen LogP contribution in [-0.2, 0) is 0 Å². The second-order valence-corrected chi connectivity index (χ2v) is 7.51. The molecule has 3 rings (SSSR count). The molecule has 0 aliphatic rings. The van der Waals surface area contributed by atoms with Crippen molar-refractivity contribution in [3.05, 3.63) is 64.7 Å². The number of Topliss-reactive ketones (excluding diaryl/α,β-unsaturated/α-hetero) is 1. The number of aromatic nitrogens is 1. The van der Waals surface area contributed by atoms with E-state index in [0.717, 1.165) is 22.0 Å². The first kappa shape index (κ1) is 21.8. The number of nitrogens with one attached hydrogen (secondary N) is 4. The van der Waals surface area contributed by atoms with E-state index in [-0.39, 0.29) is 11.8 Å². The van der Waals surface area contributed by atoms with Crippen molar-refractivity contribution in [1.29, 1.82) is 5.26 Å². The van der Waals surface area contributed by atoms with Crippen molar-refractivity contribution in [2.75, 3.05) is 23.7 Å². The van der Waals surface area contributed by atoms with E-state index in [0.29, 0.717) is 42.1 Å². The quantitative estimate of drug-likeness (QED) is 0.400. The Labute approximate surface area is 181 Å². The number of urea groups is 1. The molecule has 0 atom stereocenters. The normalized spacial score (nSPS) is 10.4. The monoisotopic (exact) mass is 416 g/mol. The van der Waals surface area contributed by atoms with Crippen molar-refractivity contribution < 1.29 is 14.6 Å². The van der Waals surface area contributed by atoms with Gasteiger partial charge in [-0.3, -0.25) is 10.1 Å². The Kier molecular flexibility index (Phi) is 6.83. The fourth-order valence-electron chi connectivity index (χ4n) is 3.41. The van der Waals surface area contributed by atoms with Gasteiger partial charge in [-0.2, -0.15) is 5.26 Å². The molecule has 7 nitrogen and oxygen atoms in total. The summed E-state index contributed by atoms with van der Waals surface area (Å²) in [6.07, 6.45) is 0.671. The summed E-state index contributed by atoms with van der Waals surface area (Å²) in [5.41, 5.74) is 4.92. The average Bonchev–Trinajstić information content (AvgIpc) is 2.73. The van der Waals surface area contributed by atoms with Gasteiger partial charge in [-0.1, -0.05) is 18.2 Å². The maximum Gasteiger partial charge on any atom is 0.319 e. The lowest BCUT2D eigenvalue weighted by molar-refractivity contribution is -0.327. The predicted molar refractivity (Wildman–Crippen MR) is 121 cm³/mol. The number of H-pyrrole nitrogens is 1. The van der Waals surface area contributed by atoms with Crippen LogP contribution in [0.4, 0.5) is 16.3 Å². The van der Waals surface area contributed by atoms with Crippen LogP contribution in [0, 0.1) is 25.2 Å². The first-order chi connectivity index (χ1) is 14.9. The molecule has 0 fully saturated rings. The maximum atomic E-state index is 12.1. The molecule has 0 unspecified atom stereocenters. The SMILES string of the molecule is CC(=O)c1cccc(NC(=O)NCCCNc2[nH+]c3cc(C)cc(C)c3cc2C#N)c1. The van der Waals surface area contributed by atoms with Crippen molar-refractivity contribution in [1.82, 2.24) is 5.32 Å². The highest BCUT2D eigenvalue weighted by atomic mass is 16.2. The molecule has 31 heavy (non-hydrogen) atoms. The van der Waals surface area contributed by atoms with Gasteiger partial charge in [0.2, 0.25) is 0 Å². The molecule has 0 saturated heterocycles. The molecule has 4 N–H and O–H groups in total. The zero-order valence-corrected chi connectivity index (χ0v) is 17.9. The molecule has 0 saturated carbocycles. The number of hydrogen-bond donors (Lipinski definition) is 3. The third-order valence-corrected chi connectivity index (χ3v) is 4.94. The van der Waals surface area contributed by atoms with Gasteiger partial charge in [0, 0.05) is 29.6 Å². The van der Waals surface area contributed by atoms with Crippen molar-refractivity contribution >= 4 is 34.2 Å². The second kappa shape index (κ2) is 9.72. The average molecular weight is 417 g/mol. The highest BCUT2D eigenvalue weighted by Gasteiger charge is 2.14. The largest absolute Gasteiger partial charge is 0.338 e. The number of fused-ring (bicyclic) bond motifs is 1. The van der Waals surface area contributed by atoms with E-state index in [4.69, 9.17) is 0 Å². The van der Waals surface area contributed by atoms with Crippen molar-refractivity contribution in [2.45, 2.75) is 27.2 Å². The van der Waals surface area contributed by atoms with Gasteiger partial charge in [-0.15, -0.1) is 0 Å². The van der Waals surface area contributed by atoms with Crippen LogP contribution >= 0.6 is 0 Å². The molecular weight excluding hydrogens is 390 g/mol. The van der Waals surface area contributed by atoms with E-state index in [1.165, 1.54) is 6.92 Å². The fraction of sp³-hybridized carbons (Fsp3) is 0.250. The third kappa shape index (κ3) is 5.58. The van der Waals surface area contributed by atoms with Crippen LogP contribution in [0.1, 0.15) is 40.4 Å². The van der Waals surface area contributed by atoms with Gasteiger partial charge >= 0.3 is 6.03 Å². The molecule has 0 aliphatic carbocycles. The maximum absolute atomic E-state index is 12.1. The molecule has 1 heterocycles. The molecule has 7 heteroatoms. The molecule has 2 aromatic carbocycles. The number of benzene rings is 2. The summed E-state index contributed by atoms with van der Waals surface area (Å²) >= 11 is 0. The second-order valence-electron chi connectivity index (χ2n) is 7.51. The van der Waals surface area contributed by atoms with Crippen LogP contribution in [0.5, 0.6) is 0 Å². The summed E-state index contributed by atoms with van der Waals surface area (Å²) in [5, 5.41) is 19.3. The minimum Gasteiger partial charge on any atom is -0.338 e. The van der Waals surface area contributed by atoms with Crippen LogP contribution in [0.3, 0.4) is 0 Å². The number of rotatable bonds is 7. The summed E-state index contributed by atoms with van der Waals surface area (Å²) < 4.78 is 0. The lowest BCUT2D eigenvalue weighted by atomic mass is 10.0. The molecule has 0 radical (unpaired) electrons. The van der Waals surface area contributed by atoms with E-state index in [2.05, 4.69) is 39.1 Å². The van der Waals surface area contributed by atoms with E-state index >= 15 is 0 Å². The highest BCUT2D eigenvalue weighted by Crippen LogP contribution is 2.21. The fourth-order valence-corrected chi connectivity index (χ4v) is 3.41. The van der Waals surface area contributed by atoms with Crippen molar-refractivity contribution in [3.8, 4) is 6.07 Å². The van der Waals surface area contributed by atoms with Gasteiger partial charge in [0.15, 0.2) is 5.78 Å². The topological polar surface area (TPSA) is 108 Å². The number of aryl methyl sites for hydroxylation is 2. The molecule has 3 aromatic rings. The number of amides is 2. The van der Waals surface area contributed by atoms with E-state index in [9.17, 15) is 14.9 Å². The Hall–Kier alpha value is -3.92. The van der Waals surface area contributed by atoms with Crippen LogP contribution in [0.2, 0.25) is 0 Å². The first-order valence-electron chi connectivity index (χ1n) is 10.1. The standard InChI is InChI=1S/C24H25N5O2/c1-15-10-16(2)21-13-19(14-25)23(29-22(21)11-15)26-8-5-9-27-24(31)28-20-7-4-6-18(12-20)17(3)30/h4,6-7,10-13H,5,8-9H2,1-3H3,(H,26,29)(H2,27,28,31)/p+1. The Bertz CT molecular complexity index is 1180. The highest BCUT2D eigenvalue weighted by molar-refractivity contribution is 5.96. The number of aromatic amines is 1. The van der Waals surface area contributed by atoms with Crippen LogP contribution in [0.25, 0.3) is 10.9 Å². The molecule has 0 aliphatic heterocycles. The summed E-state index contributed by atoms with van der Waals surface area (Å²) in [5.74, 6) is 0.619. The van der Waals surface area contributed by atoms with Crippen molar-refractivity contribution in [3.63, 3.8) is 0 Å². The van der Waals surface area contributed by atoms with Crippen LogP contribution < -0.4 is 20.9 Å². The zero-order valence-electron chi connectivity index (χ0n) is 17.9. The summed E-state index contributed by atoms with van der Waals surface area (Å²) in [6, 6.07) is 14.8. The third-order valence-electron chi connectivity index (χ3n) is 4.94. The number of ketones is 1. The molecule has 0 spiro atoms.